The molecule has 0 aliphatic heterocycles. The summed E-state index contributed by atoms with van der Waals surface area (Å²) in [6.45, 7) is 5.62. The van der Waals surface area contributed by atoms with E-state index in [0.29, 0.717) is 23.1 Å². The van der Waals surface area contributed by atoms with Crippen LogP contribution in [0.15, 0.2) is 27.6 Å². The van der Waals surface area contributed by atoms with Crippen LogP contribution in [0.5, 0.6) is 5.75 Å². The molecule has 0 atom stereocenters. The van der Waals surface area contributed by atoms with Crippen molar-refractivity contribution >= 4 is 21.6 Å². The summed E-state index contributed by atoms with van der Waals surface area (Å²) in [6.07, 6.45) is 0. The van der Waals surface area contributed by atoms with Crippen LogP contribution < -0.4 is 9.46 Å². The lowest BCUT2D eigenvalue weighted by molar-refractivity contribution is 0.340. The number of rotatable bonds is 6. The number of hydrogen-bond donors (Lipinski definition) is 1. The highest BCUT2D eigenvalue weighted by Gasteiger charge is 2.23. The van der Waals surface area contributed by atoms with Crippen LogP contribution in [0.2, 0.25) is 5.02 Å². The Morgan fingerprint density at radius 1 is 1.36 bits per heavy atom. The molecule has 0 aliphatic carbocycles. The number of hydrogen-bond acceptors (Lipinski definition) is 5. The predicted octanol–water partition coefficient (Wildman–Crippen LogP) is 2.82. The topological polar surface area (TPSA) is 81.4 Å². The van der Waals surface area contributed by atoms with Crippen molar-refractivity contribution in [2.45, 2.75) is 32.2 Å². The first-order chi connectivity index (χ1) is 10.3. The molecule has 0 spiro atoms. The second-order valence-corrected chi connectivity index (χ2v) is 6.79. The Kier molecular flexibility index (Phi) is 5.10. The van der Waals surface area contributed by atoms with Gasteiger partial charge in [-0.1, -0.05) is 22.8 Å². The van der Waals surface area contributed by atoms with Gasteiger partial charge in [0.15, 0.2) is 5.76 Å². The SMILES string of the molecule is CCOc1ccc(CNS(=O)(=O)c2c(C)noc2C)cc1Cl. The van der Waals surface area contributed by atoms with Gasteiger partial charge in [-0.2, -0.15) is 0 Å². The fourth-order valence-corrected chi connectivity index (χ4v) is 3.64. The monoisotopic (exact) mass is 344 g/mol. The van der Waals surface area contributed by atoms with E-state index in [2.05, 4.69) is 9.88 Å². The maximum Gasteiger partial charge on any atom is 0.246 e. The van der Waals surface area contributed by atoms with Crippen molar-refractivity contribution in [1.29, 1.82) is 0 Å². The Balaban J connectivity index is 2.14. The summed E-state index contributed by atoms with van der Waals surface area (Å²) < 4.78 is 37.3. The van der Waals surface area contributed by atoms with Crippen molar-refractivity contribution in [2.75, 3.05) is 6.61 Å². The first-order valence-electron chi connectivity index (χ1n) is 6.69. The maximum absolute atomic E-state index is 12.3. The zero-order valence-electron chi connectivity index (χ0n) is 12.5. The number of halogens is 1. The second-order valence-electron chi connectivity index (χ2n) is 4.68. The number of nitrogens with zero attached hydrogens (tertiary/aromatic N) is 1. The summed E-state index contributed by atoms with van der Waals surface area (Å²) >= 11 is 6.08. The second kappa shape index (κ2) is 6.68. The molecule has 0 radical (unpaired) electrons. The van der Waals surface area contributed by atoms with E-state index in [0.717, 1.165) is 5.56 Å². The molecule has 120 valence electrons. The van der Waals surface area contributed by atoms with E-state index in [1.165, 1.54) is 0 Å². The molecule has 1 N–H and O–H groups in total. The first kappa shape index (κ1) is 16.8. The van der Waals surface area contributed by atoms with Crippen LogP contribution in [0.25, 0.3) is 0 Å². The van der Waals surface area contributed by atoms with E-state index in [-0.39, 0.29) is 17.2 Å². The Hall–Kier alpha value is -1.57. The highest BCUT2D eigenvalue weighted by molar-refractivity contribution is 7.89. The molecule has 8 heteroatoms. The van der Waals surface area contributed by atoms with Gasteiger partial charge in [0.05, 0.1) is 11.6 Å². The molecule has 22 heavy (non-hydrogen) atoms. The molecule has 1 heterocycles. The Morgan fingerprint density at radius 3 is 2.64 bits per heavy atom. The fourth-order valence-electron chi connectivity index (χ4n) is 2.04. The van der Waals surface area contributed by atoms with Crippen LogP contribution in [0.4, 0.5) is 0 Å². The van der Waals surface area contributed by atoms with Crippen molar-refractivity contribution < 1.29 is 17.7 Å². The molecular weight excluding hydrogens is 328 g/mol. The molecule has 0 saturated carbocycles. The Bertz CT molecular complexity index is 752. The lowest BCUT2D eigenvalue weighted by atomic mass is 10.2. The largest absolute Gasteiger partial charge is 0.492 e. The average Bonchev–Trinajstić information content (AvgIpc) is 2.79. The van der Waals surface area contributed by atoms with Gasteiger partial charge < -0.3 is 9.26 Å². The number of benzene rings is 1. The van der Waals surface area contributed by atoms with Crippen LogP contribution >= 0.6 is 11.6 Å². The molecule has 1 aromatic heterocycles. The molecule has 0 unspecified atom stereocenters. The highest BCUT2D eigenvalue weighted by Crippen LogP contribution is 2.26. The zero-order chi connectivity index (χ0) is 16.3. The minimum atomic E-state index is -3.69. The molecule has 1 aromatic carbocycles. The summed E-state index contributed by atoms with van der Waals surface area (Å²) in [5, 5.41) is 4.09. The number of ether oxygens (including phenoxy) is 1. The van der Waals surface area contributed by atoms with Crippen molar-refractivity contribution in [3.8, 4) is 5.75 Å². The number of sulfonamides is 1. The van der Waals surface area contributed by atoms with Crippen molar-refractivity contribution in [3.05, 3.63) is 40.2 Å². The number of aromatic nitrogens is 1. The fraction of sp³-hybridized carbons (Fsp3) is 0.357. The maximum atomic E-state index is 12.3. The Labute approximate surface area is 134 Å². The summed E-state index contributed by atoms with van der Waals surface area (Å²) in [7, 11) is -3.69. The van der Waals surface area contributed by atoms with E-state index in [1.54, 1.807) is 32.0 Å². The van der Waals surface area contributed by atoms with Crippen LogP contribution in [-0.4, -0.2) is 20.2 Å². The third-order valence-corrected chi connectivity index (χ3v) is 4.94. The summed E-state index contributed by atoms with van der Waals surface area (Å²) in [4.78, 5) is 0.0736. The quantitative estimate of drug-likeness (QED) is 0.871. The predicted molar refractivity (Wildman–Crippen MR) is 82.6 cm³/mol. The highest BCUT2D eigenvalue weighted by atomic mass is 35.5. The molecule has 0 amide bonds. The van der Waals surface area contributed by atoms with Gasteiger partial charge >= 0.3 is 0 Å². The Morgan fingerprint density at radius 2 is 2.09 bits per heavy atom. The minimum Gasteiger partial charge on any atom is -0.492 e. The first-order valence-corrected chi connectivity index (χ1v) is 8.55. The zero-order valence-corrected chi connectivity index (χ0v) is 14.1. The summed E-state index contributed by atoms with van der Waals surface area (Å²) in [6, 6.07) is 5.14. The van der Waals surface area contributed by atoms with Crippen molar-refractivity contribution in [3.63, 3.8) is 0 Å². The van der Waals surface area contributed by atoms with Crippen LogP contribution in [0, 0.1) is 13.8 Å². The van der Waals surface area contributed by atoms with Gasteiger partial charge in [0.25, 0.3) is 0 Å². The summed E-state index contributed by atoms with van der Waals surface area (Å²) in [5.41, 5.74) is 1.05. The molecule has 6 nitrogen and oxygen atoms in total. The van der Waals surface area contributed by atoms with E-state index < -0.39 is 10.0 Å². The number of nitrogens with one attached hydrogen (secondary N) is 1. The van der Waals surface area contributed by atoms with E-state index in [1.807, 2.05) is 6.92 Å². The van der Waals surface area contributed by atoms with Crippen molar-refractivity contribution in [1.82, 2.24) is 9.88 Å². The molecule has 2 aromatic rings. The van der Waals surface area contributed by atoms with Gasteiger partial charge in [-0.3, -0.25) is 0 Å². The van der Waals surface area contributed by atoms with Gasteiger partial charge in [-0.05, 0) is 38.5 Å². The standard InChI is InChI=1S/C14H17ClN2O4S/c1-4-20-13-6-5-11(7-12(13)15)8-16-22(18,19)14-9(2)17-21-10(14)3/h5-7,16H,4,8H2,1-3H3. The van der Waals surface area contributed by atoms with Crippen LogP contribution in [0.3, 0.4) is 0 Å². The number of aryl methyl sites for hydroxylation is 2. The van der Waals surface area contributed by atoms with Gasteiger partial charge in [0, 0.05) is 6.54 Å². The smallest absolute Gasteiger partial charge is 0.246 e. The lowest BCUT2D eigenvalue weighted by Crippen LogP contribution is -2.24. The van der Waals surface area contributed by atoms with Gasteiger partial charge in [-0.25, -0.2) is 13.1 Å². The van der Waals surface area contributed by atoms with Crippen molar-refractivity contribution in [2.24, 2.45) is 0 Å². The van der Waals surface area contributed by atoms with Crippen LogP contribution in [0.1, 0.15) is 23.9 Å². The van der Waals surface area contributed by atoms with Gasteiger partial charge in [0.2, 0.25) is 10.0 Å². The van der Waals surface area contributed by atoms with Gasteiger partial charge in [-0.15, -0.1) is 0 Å². The van der Waals surface area contributed by atoms with E-state index in [9.17, 15) is 8.42 Å². The average molecular weight is 345 g/mol. The van der Waals surface area contributed by atoms with E-state index >= 15 is 0 Å². The lowest BCUT2D eigenvalue weighted by Gasteiger charge is -2.09. The normalized spacial score (nSPS) is 11.6. The molecular formula is C14H17ClN2O4S. The van der Waals surface area contributed by atoms with Crippen LogP contribution in [-0.2, 0) is 16.6 Å². The van der Waals surface area contributed by atoms with E-state index in [4.69, 9.17) is 20.9 Å². The minimum absolute atomic E-state index is 0.0736. The molecule has 2 rings (SSSR count). The third-order valence-electron chi connectivity index (χ3n) is 3.00. The van der Waals surface area contributed by atoms with Gasteiger partial charge in [0.1, 0.15) is 16.3 Å². The molecule has 0 aliphatic rings. The molecule has 0 bridgehead atoms. The molecule has 0 fully saturated rings. The summed E-state index contributed by atoms with van der Waals surface area (Å²) in [5.74, 6) is 0.830. The molecule has 0 saturated heterocycles. The third kappa shape index (κ3) is 3.60.